The molecule has 3 atom stereocenters. The molecule has 0 amide bonds. The van der Waals surface area contributed by atoms with Crippen LogP contribution in [0.4, 0.5) is 5.69 Å². The van der Waals surface area contributed by atoms with Crippen molar-refractivity contribution in [3.8, 4) is 5.75 Å². The number of allylic oxidation sites excluding steroid dienone is 2. The molecular weight excluding hydrogens is 302 g/mol. The summed E-state index contributed by atoms with van der Waals surface area (Å²) in [7, 11) is 1.40. The Bertz CT molecular complexity index is 827. The molecule has 4 nitrogen and oxygen atoms in total. The number of carbonyl (C=O) groups excluding carboxylic acids is 1. The van der Waals surface area contributed by atoms with Gasteiger partial charge in [-0.15, -0.1) is 0 Å². The maximum absolute atomic E-state index is 11.8. The average molecular weight is 321 g/mol. The van der Waals surface area contributed by atoms with Crippen molar-refractivity contribution in [2.45, 2.75) is 18.4 Å². The number of rotatable bonds is 2. The molecule has 0 saturated heterocycles. The summed E-state index contributed by atoms with van der Waals surface area (Å²) in [5.41, 5.74) is 3.60. The fourth-order valence-corrected chi connectivity index (χ4v) is 3.90. The van der Waals surface area contributed by atoms with Crippen molar-refractivity contribution in [3.63, 3.8) is 0 Å². The van der Waals surface area contributed by atoms with Crippen molar-refractivity contribution in [1.82, 2.24) is 0 Å². The molecule has 2 aromatic carbocycles. The zero-order chi connectivity index (χ0) is 16.7. The van der Waals surface area contributed by atoms with E-state index >= 15 is 0 Å². The number of benzene rings is 2. The van der Waals surface area contributed by atoms with Crippen molar-refractivity contribution < 1.29 is 14.6 Å². The fraction of sp³-hybridized carbons (Fsp3) is 0.250. The monoisotopic (exact) mass is 321 g/mol. The number of aromatic hydroxyl groups is 1. The highest BCUT2D eigenvalue weighted by atomic mass is 16.5. The van der Waals surface area contributed by atoms with Crippen LogP contribution in [0.3, 0.4) is 0 Å². The van der Waals surface area contributed by atoms with Gasteiger partial charge in [-0.05, 0) is 42.2 Å². The number of ether oxygens (including phenoxy) is 1. The number of hydrogen-bond donors (Lipinski definition) is 2. The average Bonchev–Trinajstić information content (AvgIpc) is 3.10. The quantitative estimate of drug-likeness (QED) is 0.648. The number of esters is 1. The lowest BCUT2D eigenvalue weighted by atomic mass is 9.76. The molecule has 2 N–H and O–H groups in total. The van der Waals surface area contributed by atoms with Gasteiger partial charge in [0.1, 0.15) is 5.75 Å². The second-order valence-corrected chi connectivity index (χ2v) is 6.33. The number of phenols is 1. The largest absolute Gasteiger partial charge is 0.508 e. The maximum atomic E-state index is 11.8. The molecule has 4 heteroatoms. The summed E-state index contributed by atoms with van der Waals surface area (Å²) in [5.74, 6) is 0.545. The van der Waals surface area contributed by atoms with Crippen LogP contribution < -0.4 is 5.32 Å². The molecule has 0 radical (unpaired) electrons. The van der Waals surface area contributed by atoms with Gasteiger partial charge in [0.2, 0.25) is 0 Å². The smallest absolute Gasteiger partial charge is 0.337 e. The molecule has 2 aromatic rings. The Balaban J connectivity index is 1.78. The second-order valence-electron chi connectivity index (χ2n) is 6.33. The van der Waals surface area contributed by atoms with Gasteiger partial charge in [-0.25, -0.2) is 4.79 Å². The molecule has 0 spiro atoms. The van der Waals surface area contributed by atoms with Gasteiger partial charge in [0, 0.05) is 17.2 Å². The zero-order valence-corrected chi connectivity index (χ0v) is 13.4. The Kier molecular flexibility index (Phi) is 3.53. The molecule has 0 saturated carbocycles. The number of methoxy groups -OCH3 is 1. The Morgan fingerprint density at radius 1 is 1.21 bits per heavy atom. The number of nitrogens with one attached hydrogen (secondary N) is 1. The van der Waals surface area contributed by atoms with Crippen LogP contribution in [0.2, 0.25) is 0 Å². The minimum atomic E-state index is -0.320. The second kappa shape index (κ2) is 5.71. The van der Waals surface area contributed by atoms with E-state index in [-0.39, 0.29) is 17.9 Å². The molecule has 24 heavy (non-hydrogen) atoms. The van der Waals surface area contributed by atoms with E-state index in [1.54, 1.807) is 12.1 Å². The third kappa shape index (κ3) is 2.26. The molecule has 0 aromatic heterocycles. The summed E-state index contributed by atoms with van der Waals surface area (Å²) in [6.07, 6.45) is 5.33. The van der Waals surface area contributed by atoms with Crippen LogP contribution in [0.15, 0.2) is 54.6 Å². The van der Waals surface area contributed by atoms with Crippen LogP contribution in [0, 0.1) is 5.92 Å². The van der Waals surface area contributed by atoms with Crippen LogP contribution in [0.25, 0.3) is 0 Å². The van der Waals surface area contributed by atoms with Gasteiger partial charge in [-0.1, -0.05) is 30.4 Å². The van der Waals surface area contributed by atoms with Crippen molar-refractivity contribution in [1.29, 1.82) is 0 Å². The standard InChI is InChI=1S/C20H19NO3/c1-24-20(23)12-9-10-17-16(11-12)13-6-4-7-14(13)19(21-17)15-5-2-3-8-18(15)22/h2-6,8-11,13-14,19,21-22H,7H2,1H3. The number of carbonyl (C=O) groups is 1. The summed E-state index contributed by atoms with van der Waals surface area (Å²) in [6.45, 7) is 0. The first kappa shape index (κ1) is 14.8. The Morgan fingerprint density at radius 2 is 2.04 bits per heavy atom. The Labute approximate surface area is 140 Å². The van der Waals surface area contributed by atoms with E-state index in [0.717, 1.165) is 23.2 Å². The van der Waals surface area contributed by atoms with Crippen LogP contribution >= 0.6 is 0 Å². The predicted molar refractivity (Wildman–Crippen MR) is 92.2 cm³/mol. The first-order valence-electron chi connectivity index (χ1n) is 8.12. The van der Waals surface area contributed by atoms with E-state index < -0.39 is 0 Å². The molecule has 0 bridgehead atoms. The van der Waals surface area contributed by atoms with Gasteiger partial charge in [-0.2, -0.15) is 0 Å². The van der Waals surface area contributed by atoms with E-state index in [0.29, 0.717) is 17.2 Å². The van der Waals surface area contributed by atoms with Crippen molar-refractivity contribution in [2.24, 2.45) is 5.92 Å². The van der Waals surface area contributed by atoms with Crippen LogP contribution in [-0.4, -0.2) is 18.2 Å². The lowest BCUT2D eigenvalue weighted by molar-refractivity contribution is 0.0600. The summed E-state index contributed by atoms with van der Waals surface area (Å²) in [6, 6.07) is 13.1. The highest BCUT2D eigenvalue weighted by Gasteiger charge is 2.39. The van der Waals surface area contributed by atoms with Crippen molar-refractivity contribution in [2.75, 3.05) is 12.4 Å². The minimum absolute atomic E-state index is 0.0441. The lowest BCUT2D eigenvalue weighted by Gasteiger charge is -2.37. The molecule has 2 aliphatic rings. The number of fused-ring (bicyclic) bond motifs is 3. The van der Waals surface area contributed by atoms with E-state index in [4.69, 9.17) is 4.74 Å². The highest BCUT2D eigenvalue weighted by Crippen LogP contribution is 2.51. The third-order valence-corrected chi connectivity index (χ3v) is 5.06. The molecule has 0 fully saturated rings. The molecule has 1 aliphatic carbocycles. The van der Waals surface area contributed by atoms with Gasteiger partial charge >= 0.3 is 5.97 Å². The van der Waals surface area contributed by atoms with E-state index in [1.165, 1.54) is 7.11 Å². The first-order valence-corrected chi connectivity index (χ1v) is 8.12. The molecule has 4 rings (SSSR count). The zero-order valence-electron chi connectivity index (χ0n) is 13.4. The number of para-hydroxylation sites is 1. The number of phenolic OH excluding ortho intramolecular Hbond substituents is 1. The van der Waals surface area contributed by atoms with Gasteiger partial charge in [0.15, 0.2) is 0 Å². The molecule has 3 unspecified atom stereocenters. The van der Waals surface area contributed by atoms with Gasteiger partial charge in [0.05, 0.1) is 18.7 Å². The fourth-order valence-electron chi connectivity index (χ4n) is 3.90. The molecule has 122 valence electrons. The Morgan fingerprint density at radius 3 is 2.83 bits per heavy atom. The SMILES string of the molecule is COC(=O)c1ccc2c(c1)C1C=CCC1C(c1ccccc1O)N2. The normalized spacial score (nSPS) is 24.0. The molecule has 1 heterocycles. The van der Waals surface area contributed by atoms with E-state index in [2.05, 4.69) is 17.5 Å². The van der Waals surface area contributed by atoms with E-state index in [9.17, 15) is 9.90 Å². The maximum Gasteiger partial charge on any atom is 0.337 e. The predicted octanol–water partition coefficient (Wildman–Crippen LogP) is 4.01. The van der Waals surface area contributed by atoms with E-state index in [1.807, 2.05) is 30.3 Å². The Hall–Kier alpha value is -2.75. The van der Waals surface area contributed by atoms with Crippen LogP contribution in [-0.2, 0) is 4.74 Å². The van der Waals surface area contributed by atoms with Gasteiger partial charge in [-0.3, -0.25) is 0 Å². The topological polar surface area (TPSA) is 58.6 Å². The summed E-state index contributed by atoms with van der Waals surface area (Å²) < 4.78 is 4.83. The molecular formula is C20H19NO3. The number of anilines is 1. The minimum Gasteiger partial charge on any atom is -0.508 e. The first-order chi connectivity index (χ1) is 11.7. The lowest BCUT2D eigenvalue weighted by Crippen LogP contribution is -2.29. The van der Waals surface area contributed by atoms with Gasteiger partial charge in [0.25, 0.3) is 0 Å². The third-order valence-electron chi connectivity index (χ3n) is 5.06. The summed E-state index contributed by atoms with van der Waals surface area (Å²) >= 11 is 0. The van der Waals surface area contributed by atoms with Crippen molar-refractivity contribution >= 4 is 11.7 Å². The highest BCUT2D eigenvalue weighted by molar-refractivity contribution is 5.90. The van der Waals surface area contributed by atoms with Crippen LogP contribution in [0.5, 0.6) is 5.75 Å². The van der Waals surface area contributed by atoms with Gasteiger partial charge < -0.3 is 15.2 Å². The molecule has 1 aliphatic heterocycles. The van der Waals surface area contributed by atoms with Crippen LogP contribution in [0.1, 0.15) is 39.9 Å². The number of hydrogen-bond acceptors (Lipinski definition) is 4. The summed E-state index contributed by atoms with van der Waals surface area (Å²) in [5, 5.41) is 13.8. The summed E-state index contributed by atoms with van der Waals surface area (Å²) in [4.78, 5) is 11.8. The van der Waals surface area contributed by atoms with Crippen molar-refractivity contribution in [3.05, 3.63) is 71.3 Å².